The van der Waals surface area contributed by atoms with Crippen LogP contribution >= 0.6 is 11.6 Å². The van der Waals surface area contributed by atoms with Crippen LogP contribution in [0.1, 0.15) is 36.7 Å². The first-order valence-corrected chi connectivity index (χ1v) is 11.3. The minimum absolute atomic E-state index is 0.0610. The summed E-state index contributed by atoms with van der Waals surface area (Å²) in [5.41, 5.74) is 5.21. The Morgan fingerprint density at radius 3 is 2.53 bits per heavy atom. The summed E-state index contributed by atoms with van der Waals surface area (Å²) in [6.45, 7) is 5.73. The lowest BCUT2D eigenvalue weighted by atomic mass is 9.99. The van der Waals surface area contributed by atoms with E-state index in [-0.39, 0.29) is 11.7 Å². The zero-order valence-corrected chi connectivity index (χ0v) is 19.9. The minimum Gasteiger partial charge on any atom is -0.493 e. The zero-order chi connectivity index (χ0) is 24.2. The zero-order valence-electron chi connectivity index (χ0n) is 19.1. The molecule has 0 spiro atoms. The van der Waals surface area contributed by atoms with Gasteiger partial charge in [0.15, 0.2) is 5.78 Å². The fourth-order valence-corrected chi connectivity index (χ4v) is 3.89. The summed E-state index contributed by atoms with van der Waals surface area (Å²) >= 11 is 6.04. The van der Waals surface area contributed by atoms with Crippen molar-refractivity contribution >= 4 is 45.5 Å². The highest BCUT2D eigenvalue weighted by molar-refractivity contribution is 6.30. The quantitative estimate of drug-likeness (QED) is 0.224. The van der Waals surface area contributed by atoms with Gasteiger partial charge in [-0.1, -0.05) is 35.9 Å². The van der Waals surface area contributed by atoms with Crippen molar-refractivity contribution in [1.82, 2.24) is 0 Å². The number of amides is 1. The van der Waals surface area contributed by atoms with Gasteiger partial charge in [-0.25, -0.2) is 0 Å². The van der Waals surface area contributed by atoms with Crippen LogP contribution in [0.5, 0.6) is 5.75 Å². The van der Waals surface area contributed by atoms with Crippen LogP contribution in [0.15, 0.2) is 77.4 Å². The second-order valence-corrected chi connectivity index (χ2v) is 8.32. The number of nitrogens with one attached hydrogen (secondary N) is 1. The Hall–Kier alpha value is -3.83. The Bertz CT molecular complexity index is 1400. The number of ether oxygens (including phenoxy) is 1. The van der Waals surface area contributed by atoms with Crippen LogP contribution in [0.4, 0.5) is 5.69 Å². The molecule has 0 saturated carbocycles. The number of hydrogen-bond donors (Lipinski definition) is 1. The van der Waals surface area contributed by atoms with E-state index in [2.05, 4.69) is 5.32 Å². The van der Waals surface area contributed by atoms with Crippen molar-refractivity contribution in [3.05, 3.63) is 89.2 Å². The second kappa shape index (κ2) is 9.98. The van der Waals surface area contributed by atoms with Gasteiger partial charge in [0, 0.05) is 44.9 Å². The molecule has 0 unspecified atom stereocenters. The number of rotatable bonds is 7. The Balaban J connectivity index is 1.70. The maximum Gasteiger partial charge on any atom is 0.248 e. The molecular weight excluding hydrogens is 450 g/mol. The van der Waals surface area contributed by atoms with E-state index in [0.29, 0.717) is 34.2 Å². The number of hydrogen-bond acceptors (Lipinski definition) is 4. The summed E-state index contributed by atoms with van der Waals surface area (Å²) in [4.78, 5) is 24.4. The molecule has 172 valence electrons. The number of benzene rings is 3. The lowest BCUT2D eigenvalue weighted by Gasteiger charge is -2.12. The maximum absolute atomic E-state index is 12.7. The van der Waals surface area contributed by atoms with Gasteiger partial charge < -0.3 is 14.5 Å². The molecule has 34 heavy (non-hydrogen) atoms. The molecule has 4 aromatic rings. The molecule has 3 aromatic carbocycles. The van der Waals surface area contributed by atoms with Crippen LogP contribution in [0, 0.1) is 0 Å². The second-order valence-electron chi connectivity index (χ2n) is 7.89. The van der Waals surface area contributed by atoms with Crippen molar-refractivity contribution in [2.75, 3.05) is 11.9 Å². The molecule has 1 aromatic heterocycles. The van der Waals surface area contributed by atoms with Crippen LogP contribution in [-0.4, -0.2) is 18.3 Å². The highest BCUT2D eigenvalue weighted by Crippen LogP contribution is 2.37. The van der Waals surface area contributed by atoms with Gasteiger partial charge in [-0.15, -0.1) is 0 Å². The topological polar surface area (TPSA) is 68.5 Å². The minimum atomic E-state index is -0.300. The first-order valence-electron chi connectivity index (χ1n) is 10.9. The molecule has 1 amide bonds. The SMILES string of the molecule is CCOc1cc2occ(-c3ccc(Cl)cc3)c2cc1/C(C)=C/C(=O)Nc1cccc(C(C)=O)c1. The standard InChI is InChI=1S/C28H24ClNO4/c1-4-33-26-15-27-24(25(16-34-27)19-8-10-21(29)11-9-19)14-23(26)17(2)12-28(32)30-22-7-5-6-20(13-22)18(3)31/h5-16H,4H2,1-3H3,(H,30,32)/b17-12+. The molecule has 0 bridgehead atoms. The van der Waals surface area contributed by atoms with Gasteiger partial charge in [-0.3, -0.25) is 9.59 Å². The van der Waals surface area contributed by atoms with Crippen LogP contribution in [-0.2, 0) is 4.79 Å². The first-order chi connectivity index (χ1) is 16.4. The number of halogens is 1. The van der Waals surface area contributed by atoms with E-state index in [1.54, 1.807) is 30.5 Å². The Labute approximate surface area is 203 Å². The third-order valence-electron chi connectivity index (χ3n) is 5.44. The van der Waals surface area contributed by atoms with Crippen LogP contribution in [0.2, 0.25) is 5.02 Å². The third-order valence-corrected chi connectivity index (χ3v) is 5.69. The number of ketones is 1. The van der Waals surface area contributed by atoms with E-state index in [4.69, 9.17) is 20.8 Å². The fraction of sp³-hybridized carbons (Fsp3) is 0.143. The average molecular weight is 474 g/mol. The number of Topliss-reactive ketones (excluding diaryl/α,β-unsaturated/α-hetero) is 1. The van der Waals surface area contributed by atoms with Gasteiger partial charge in [-0.05, 0) is 62.2 Å². The molecule has 0 aliphatic carbocycles. The number of carbonyl (C=O) groups excluding carboxylic acids is 2. The van der Waals surface area contributed by atoms with E-state index >= 15 is 0 Å². The smallest absolute Gasteiger partial charge is 0.248 e. The van der Waals surface area contributed by atoms with E-state index in [1.807, 2.05) is 50.2 Å². The maximum atomic E-state index is 12.7. The van der Waals surface area contributed by atoms with E-state index in [9.17, 15) is 9.59 Å². The van der Waals surface area contributed by atoms with Crippen molar-refractivity contribution in [1.29, 1.82) is 0 Å². The average Bonchev–Trinajstić information content (AvgIpc) is 3.22. The Kier molecular flexibility index (Phi) is 6.85. The number of fused-ring (bicyclic) bond motifs is 1. The van der Waals surface area contributed by atoms with Gasteiger partial charge in [0.05, 0.1) is 12.9 Å². The summed E-state index contributed by atoms with van der Waals surface area (Å²) in [6, 6.07) is 18.2. The molecule has 6 heteroatoms. The van der Waals surface area contributed by atoms with E-state index in [0.717, 1.165) is 27.6 Å². The van der Waals surface area contributed by atoms with E-state index < -0.39 is 0 Å². The van der Waals surface area contributed by atoms with Gasteiger partial charge >= 0.3 is 0 Å². The number of carbonyl (C=O) groups is 2. The van der Waals surface area contributed by atoms with Gasteiger partial charge in [0.25, 0.3) is 0 Å². The molecule has 0 saturated heterocycles. The lowest BCUT2D eigenvalue weighted by molar-refractivity contribution is -0.111. The van der Waals surface area contributed by atoms with Crippen LogP contribution in [0.25, 0.3) is 27.7 Å². The summed E-state index contributed by atoms with van der Waals surface area (Å²) in [5.74, 6) is 0.270. The van der Waals surface area contributed by atoms with Crippen molar-refractivity contribution in [3.8, 4) is 16.9 Å². The molecule has 0 aliphatic rings. The highest BCUT2D eigenvalue weighted by Gasteiger charge is 2.15. The van der Waals surface area contributed by atoms with Crippen molar-refractivity contribution < 1.29 is 18.7 Å². The molecule has 0 radical (unpaired) electrons. The predicted octanol–water partition coefficient (Wildman–Crippen LogP) is 7.40. The number of anilines is 1. The fourth-order valence-electron chi connectivity index (χ4n) is 3.76. The molecule has 0 aliphatic heterocycles. The molecule has 4 rings (SSSR count). The summed E-state index contributed by atoms with van der Waals surface area (Å²) < 4.78 is 11.7. The molecule has 0 fully saturated rings. The Morgan fingerprint density at radius 2 is 1.82 bits per heavy atom. The number of allylic oxidation sites excluding steroid dienone is 1. The molecule has 1 heterocycles. The largest absolute Gasteiger partial charge is 0.493 e. The van der Waals surface area contributed by atoms with Crippen molar-refractivity contribution in [2.45, 2.75) is 20.8 Å². The summed E-state index contributed by atoms with van der Waals surface area (Å²) in [7, 11) is 0. The molecular formula is C28H24ClNO4. The van der Waals surface area contributed by atoms with Crippen LogP contribution < -0.4 is 10.1 Å². The summed E-state index contributed by atoms with van der Waals surface area (Å²) in [6.07, 6.45) is 3.23. The van der Waals surface area contributed by atoms with Crippen molar-refractivity contribution in [3.63, 3.8) is 0 Å². The normalized spacial score (nSPS) is 11.5. The van der Waals surface area contributed by atoms with Gasteiger partial charge in [-0.2, -0.15) is 0 Å². The molecule has 0 atom stereocenters. The van der Waals surface area contributed by atoms with Gasteiger partial charge in [0.2, 0.25) is 5.91 Å². The molecule has 1 N–H and O–H groups in total. The lowest BCUT2D eigenvalue weighted by Crippen LogP contribution is -2.09. The first kappa shape index (κ1) is 23.3. The monoisotopic (exact) mass is 473 g/mol. The van der Waals surface area contributed by atoms with E-state index in [1.165, 1.54) is 13.0 Å². The van der Waals surface area contributed by atoms with Crippen LogP contribution in [0.3, 0.4) is 0 Å². The van der Waals surface area contributed by atoms with Gasteiger partial charge in [0.1, 0.15) is 11.3 Å². The number of furan rings is 1. The Morgan fingerprint density at radius 1 is 1.06 bits per heavy atom. The third kappa shape index (κ3) is 5.05. The molecule has 5 nitrogen and oxygen atoms in total. The summed E-state index contributed by atoms with van der Waals surface area (Å²) in [5, 5.41) is 4.39. The predicted molar refractivity (Wildman–Crippen MR) is 137 cm³/mol. The highest BCUT2D eigenvalue weighted by atomic mass is 35.5. The van der Waals surface area contributed by atoms with Crippen molar-refractivity contribution in [2.24, 2.45) is 0 Å².